The van der Waals surface area contributed by atoms with Crippen molar-refractivity contribution >= 4 is 17.6 Å². The molecule has 0 bridgehead atoms. The van der Waals surface area contributed by atoms with E-state index in [2.05, 4.69) is 10.4 Å². The fourth-order valence-corrected chi connectivity index (χ4v) is 3.40. The van der Waals surface area contributed by atoms with Crippen molar-refractivity contribution in [1.82, 2.24) is 9.78 Å². The molecular weight excluding hydrogens is 406 g/mol. The molecule has 0 aliphatic carbocycles. The first-order chi connectivity index (χ1) is 15.3. The van der Waals surface area contributed by atoms with Crippen LogP contribution in [-0.2, 0) is 9.53 Å². The van der Waals surface area contributed by atoms with E-state index < -0.39 is 12.0 Å². The number of ether oxygens (including phenoxy) is 1. The van der Waals surface area contributed by atoms with E-state index >= 15 is 0 Å². The number of esters is 1. The Balaban J connectivity index is 1.86. The third-order valence-corrected chi connectivity index (χ3v) is 5.14. The van der Waals surface area contributed by atoms with Crippen LogP contribution in [0.2, 0.25) is 0 Å². The van der Waals surface area contributed by atoms with Crippen molar-refractivity contribution in [1.29, 1.82) is 0 Å². The van der Waals surface area contributed by atoms with Gasteiger partial charge in [0.15, 0.2) is 0 Å². The molecule has 1 unspecified atom stereocenters. The summed E-state index contributed by atoms with van der Waals surface area (Å²) >= 11 is 0. The number of aromatic nitrogens is 2. The van der Waals surface area contributed by atoms with Crippen molar-refractivity contribution < 1.29 is 14.3 Å². The number of aryl methyl sites for hydroxylation is 2. The van der Waals surface area contributed by atoms with Gasteiger partial charge in [-0.1, -0.05) is 24.6 Å². The van der Waals surface area contributed by atoms with Gasteiger partial charge in [0.05, 0.1) is 17.9 Å². The second-order valence-electron chi connectivity index (χ2n) is 7.53. The zero-order valence-electron chi connectivity index (χ0n) is 18.7. The minimum Gasteiger partial charge on any atom is -0.462 e. The first kappa shape index (κ1) is 22.9. The Labute approximate surface area is 187 Å². The van der Waals surface area contributed by atoms with Crippen LogP contribution in [0.25, 0.3) is 11.3 Å². The molecule has 166 valence electrons. The number of amides is 1. The van der Waals surface area contributed by atoms with E-state index in [-0.39, 0.29) is 11.5 Å². The van der Waals surface area contributed by atoms with Crippen molar-refractivity contribution in [2.24, 2.45) is 0 Å². The van der Waals surface area contributed by atoms with Gasteiger partial charge in [0.25, 0.3) is 5.56 Å². The van der Waals surface area contributed by atoms with Crippen LogP contribution in [0.15, 0.2) is 59.4 Å². The number of anilines is 1. The van der Waals surface area contributed by atoms with Gasteiger partial charge in [-0.3, -0.25) is 9.59 Å². The number of nitrogens with one attached hydrogen (secondary N) is 1. The summed E-state index contributed by atoms with van der Waals surface area (Å²) in [7, 11) is 0. The van der Waals surface area contributed by atoms with E-state index in [1.807, 2.05) is 39.0 Å². The van der Waals surface area contributed by atoms with Gasteiger partial charge in [-0.15, -0.1) is 0 Å². The summed E-state index contributed by atoms with van der Waals surface area (Å²) in [6, 6.07) is 14.8. The predicted octanol–water partition coefficient (Wildman–Crippen LogP) is 4.29. The van der Waals surface area contributed by atoms with E-state index in [4.69, 9.17) is 4.74 Å². The predicted molar refractivity (Wildman–Crippen MR) is 124 cm³/mol. The molecule has 0 aliphatic heterocycles. The highest BCUT2D eigenvalue weighted by Gasteiger charge is 2.22. The summed E-state index contributed by atoms with van der Waals surface area (Å²) in [5, 5.41) is 7.32. The highest BCUT2D eigenvalue weighted by Crippen LogP contribution is 2.23. The molecule has 3 aromatic rings. The molecule has 3 rings (SSSR count). The van der Waals surface area contributed by atoms with Gasteiger partial charge < -0.3 is 10.1 Å². The van der Waals surface area contributed by atoms with Crippen LogP contribution in [0.1, 0.15) is 47.8 Å². The maximum Gasteiger partial charge on any atom is 0.338 e. The molecule has 0 radical (unpaired) electrons. The summed E-state index contributed by atoms with van der Waals surface area (Å²) in [6.07, 6.45) is 0.385. The van der Waals surface area contributed by atoms with E-state index in [1.54, 1.807) is 37.3 Å². The molecule has 0 spiro atoms. The Bertz CT molecular complexity index is 1180. The fourth-order valence-electron chi connectivity index (χ4n) is 3.40. The lowest BCUT2D eigenvalue weighted by Crippen LogP contribution is -2.34. The maximum atomic E-state index is 13.0. The van der Waals surface area contributed by atoms with Gasteiger partial charge in [-0.25, -0.2) is 9.48 Å². The minimum atomic E-state index is -0.780. The van der Waals surface area contributed by atoms with Crippen LogP contribution < -0.4 is 10.9 Å². The second kappa shape index (κ2) is 10.0. The summed E-state index contributed by atoms with van der Waals surface area (Å²) < 4.78 is 6.20. The zero-order chi connectivity index (χ0) is 23.3. The van der Waals surface area contributed by atoms with Crippen molar-refractivity contribution in [2.75, 3.05) is 11.9 Å². The molecule has 1 atom stereocenters. The van der Waals surface area contributed by atoms with Crippen molar-refractivity contribution in [2.45, 2.75) is 40.2 Å². The van der Waals surface area contributed by atoms with Gasteiger partial charge >= 0.3 is 5.97 Å². The molecule has 7 nitrogen and oxygen atoms in total. The lowest BCUT2D eigenvalue weighted by Gasteiger charge is -2.18. The lowest BCUT2D eigenvalue weighted by atomic mass is 10.0. The summed E-state index contributed by atoms with van der Waals surface area (Å²) in [5.41, 5.74) is 4.24. The van der Waals surface area contributed by atoms with Gasteiger partial charge in [0.2, 0.25) is 5.91 Å². The Morgan fingerprint density at radius 3 is 2.41 bits per heavy atom. The average Bonchev–Trinajstić information content (AvgIpc) is 2.78. The zero-order valence-corrected chi connectivity index (χ0v) is 18.7. The van der Waals surface area contributed by atoms with Crippen LogP contribution in [0.3, 0.4) is 0 Å². The molecule has 0 aliphatic rings. The topological polar surface area (TPSA) is 90.3 Å². The molecule has 0 fully saturated rings. The number of carbonyl (C=O) groups is 2. The van der Waals surface area contributed by atoms with Gasteiger partial charge in [0.1, 0.15) is 6.04 Å². The fraction of sp³-hybridized carbons (Fsp3) is 0.280. The smallest absolute Gasteiger partial charge is 0.338 e. The third-order valence-electron chi connectivity index (χ3n) is 5.14. The lowest BCUT2D eigenvalue weighted by molar-refractivity contribution is -0.119. The molecule has 1 N–H and O–H groups in total. The first-order valence-electron chi connectivity index (χ1n) is 10.6. The third kappa shape index (κ3) is 5.11. The standard InChI is InChI=1S/C25H27N3O4/c1-5-22(24(30)26-19-11-9-18(10-12-19)25(31)32-6-2)28-23(29)14-13-21(27-28)20-15-16(3)7-8-17(20)4/h7-15,22H,5-6H2,1-4H3,(H,26,30). The average molecular weight is 434 g/mol. The molecule has 32 heavy (non-hydrogen) atoms. The molecule has 1 aromatic heterocycles. The Morgan fingerprint density at radius 2 is 1.75 bits per heavy atom. The monoisotopic (exact) mass is 433 g/mol. The molecule has 0 saturated carbocycles. The minimum absolute atomic E-state index is 0.290. The largest absolute Gasteiger partial charge is 0.462 e. The van der Waals surface area contributed by atoms with Crippen LogP contribution in [-0.4, -0.2) is 28.3 Å². The first-order valence-corrected chi connectivity index (χ1v) is 10.6. The maximum absolute atomic E-state index is 13.0. The summed E-state index contributed by atoms with van der Waals surface area (Å²) in [4.78, 5) is 37.3. The summed E-state index contributed by atoms with van der Waals surface area (Å²) in [5.74, 6) is -0.778. The normalized spacial score (nSPS) is 11.6. The van der Waals surface area contributed by atoms with Gasteiger partial charge in [-0.05, 0) is 69.2 Å². The second-order valence-corrected chi connectivity index (χ2v) is 7.53. The Morgan fingerprint density at radius 1 is 1.03 bits per heavy atom. The van der Waals surface area contributed by atoms with Crippen molar-refractivity contribution in [3.8, 4) is 11.3 Å². The van der Waals surface area contributed by atoms with Crippen molar-refractivity contribution in [3.63, 3.8) is 0 Å². The molecule has 0 saturated heterocycles. The van der Waals surface area contributed by atoms with E-state index in [1.165, 1.54) is 10.7 Å². The molecule has 1 heterocycles. The Hall–Kier alpha value is -3.74. The SMILES string of the molecule is CCOC(=O)c1ccc(NC(=O)C(CC)n2nc(-c3cc(C)ccc3C)ccc2=O)cc1. The van der Waals surface area contributed by atoms with E-state index in [0.29, 0.717) is 30.0 Å². The molecule has 1 amide bonds. The molecule has 7 heteroatoms. The van der Waals surface area contributed by atoms with Crippen LogP contribution in [0.4, 0.5) is 5.69 Å². The Kier molecular flexibility index (Phi) is 7.20. The molecule has 2 aromatic carbocycles. The van der Waals surface area contributed by atoms with E-state index in [9.17, 15) is 14.4 Å². The van der Waals surface area contributed by atoms with Crippen LogP contribution >= 0.6 is 0 Å². The van der Waals surface area contributed by atoms with Crippen molar-refractivity contribution in [3.05, 3.63) is 81.6 Å². The van der Waals surface area contributed by atoms with E-state index in [0.717, 1.165) is 16.7 Å². The number of benzene rings is 2. The quantitative estimate of drug-likeness (QED) is 0.561. The number of rotatable bonds is 7. The number of carbonyl (C=O) groups excluding carboxylic acids is 2. The number of hydrogen-bond donors (Lipinski definition) is 1. The highest BCUT2D eigenvalue weighted by atomic mass is 16.5. The number of nitrogens with zero attached hydrogens (tertiary/aromatic N) is 2. The summed E-state index contributed by atoms with van der Waals surface area (Å²) in [6.45, 7) is 7.83. The highest BCUT2D eigenvalue weighted by molar-refractivity contribution is 5.95. The molecular formula is C25H27N3O4. The van der Waals surface area contributed by atoms with Crippen LogP contribution in [0.5, 0.6) is 0 Å². The number of hydrogen-bond acceptors (Lipinski definition) is 5. The van der Waals surface area contributed by atoms with Crippen LogP contribution in [0, 0.1) is 13.8 Å². The van der Waals surface area contributed by atoms with Gasteiger partial charge in [0, 0.05) is 17.3 Å². The van der Waals surface area contributed by atoms with Gasteiger partial charge in [-0.2, -0.15) is 5.10 Å².